The summed E-state index contributed by atoms with van der Waals surface area (Å²) in [5.41, 5.74) is 7.14. The first-order valence-corrected chi connectivity index (χ1v) is 24.7. The van der Waals surface area contributed by atoms with Gasteiger partial charge in [0.25, 0.3) is 5.91 Å². The molecular formula is C54H69N7O9. The standard InChI is InChI=1S/C54H69N7O9/c1-8-46(64)59-22-17-38(30-59)50(66)57(7)47(33(3)4)49(65)55-44-25-35-23-39(26-41(63)24-35)37-15-16-45-42(27-37)43(28-53(5,6)32-70-52(68)54(69)19-10-20-61(56-54)51(44)67)48(60(45)9-2)36-13-11-34(12-14-36)29-58-21-18-40(62)31-58/h8,11-16,23-24,26-27,33,38,40,44,47,56,62-63,69H,1,9-10,17-22,25,28-32H2,2-7H3,(H,55,65)/t38-,40+,44-,47-,54-/m0/s1. The number of hydrogen-bond donors (Lipinski definition) is 5. The maximum atomic E-state index is 14.8. The Morgan fingerprint density at radius 3 is 2.41 bits per heavy atom. The molecule has 5 heterocycles. The van der Waals surface area contributed by atoms with Gasteiger partial charge in [0.2, 0.25) is 23.4 Å². The van der Waals surface area contributed by atoms with Gasteiger partial charge in [-0.3, -0.25) is 29.1 Å². The maximum absolute atomic E-state index is 14.8. The Hall–Kier alpha value is -6.07. The van der Waals surface area contributed by atoms with E-state index >= 15 is 0 Å². The highest BCUT2D eigenvalue weighted by atomic mass is 16.6. The summed E-state index contributed by atoms with van der Waals surface area (Å²) >= 11 is 0. The molecule has 3 fully saturated rings. The number of hydrazine groups is 1. The highest BCUT2D eigenvalue weighted by Crippen LogP contribution is 2.41. The molecule has 16 heteroatoms. The molecule has 3 saturated heterocycles. The fourth-order valence-corrected chi connectivity index (χ4v) is 11.0. The topological polar surface area (TPSA) is 197 Å². The van der Waals surface area contributed by atoms with E-state index in [0.717, 1.165) is 63.4 Å². The minimum Gasteiger partial charge on any atom is -0.508 e. The summed E-state index contributed by atoms with van der Waals surface area (Å²) in [5, 5.41) is 38.4. The van der Waals surface area contributed by atoms with Gasteiger partial charge in [0.05, 0.1) is 24.3 Å². The predicted octanol–water partition coefficient (Wildman–Crippen LogP) is 4.75. The van der Waals surface area contributed by atoms with Crippen LogP contribution in [-0.4, -0.2) is 139 Å². The lowest BCUT2D eigenvalue weighted by molar-refractivity contribution is -0.189. The average Bonchev–Trinajstić information content (AvgIpc) is 4.06. The van der Waals surface area contributed by atoms with Crippen molar-refractivity contribution < 1.29 is 44.0 Å². The second-order valence-corrected chi connectivity index (χ2v) is 20.9. The molecule has 5 N–H and O–H groups in total. The molecule has 4 aliphatic rings. The third-order valence-corrected chi connectivity index (χ3v) is 14.5. The number of fused-ring (bicyclic) bond motifs is 6. The number of phenolic OH excluding ortho intramolecular Hbond substituents is 1. The Labute approximate surface area is 410 Å². The second-order valence-electron chi connectivity index (χ2n) is 20.9. The van der Waals surface area contributed by atoms with E-state index in [1.807, 2.05) is 39.8 Å². The van der Waals surface area contributed by atoms with Crippen molar-refractivity contribution in [2.24, 2.45) is 17.3 Å². The SMILES string of the molecule is C=CC(=O)N1CC[C@H](C(=O)N(C)[C@H](C(=O)N[C@H]2Cc3cc(O)cc(c3)-c3ccc4c(c3)c(c(-c3ccc(CN5CC[C@@H](O)C5)cc3)n4CC)CC(C)(C)COC(=O)[C@@]3(O)CCCN(N3)C2=O)C(C)C)C1. The molecule has 4 aliphatic heterocycles. The molecule has 6 bridgehead atoms. The number of hydrogen-bond acceptors (Lipinski definition) is 11. The quantitative estimate of drug-likeness (QED) is 0.109. The average molecular weight is 960 g/mol. The molecule has 0 spiro atoms. The van der Waals surface area contributed by atoms with E-state index in [0.29, 0.717) is 43.6 Å². The van der Waals surface area contributed by atoms with Gasteiger partial charge in [-0.2, -0.15) is 5.43 Å². The van der Waals surface area contributed by atoms with Crippen LogP contribution in [0.1, 0.15) is 77.0 Å². The minimum atomic E-state index is -2.26. The van der Waals surface area contributed by atoms with E-state index in [-0.39, 0.29) is 62.6 Å². The first-order chi connectivity index (χ1) is 33.3. The van der Waals surface area contributed by atoms with Crippen LogP contribution in [0.5, 0.6) is 5.75 Å². The van der Waals surface area contributed by atoms with Crippen molar-refractivity contribution in [1.82, 2.24) is 35.0 Å². The second kappa shape index (κ2) is 20.3. The number of cyclic esters (lactones) is 1. The summed E-state index contributed by atoms with van der Waals surface area (Å²) in [6, 6.07) is 17.6. The Bertz CT molecular complexity index is 2660. The van der Waals surface area contributed by atoms with Crippen LogP contribution in [0.25, 0.3) is 33.3 Å². The third kappa shape index (κ3) is 10.5. The zero-order valence-corrected chi connectivity index (χ0v) is 41.4. The molecule has 16 nitrogen and oxygen atoms in total. The third-order valence-electron chi connectivity index (χ3n) is 14.5. The summed E-state index contributed by atoms with van der Waals surface area (Å²) in [6.45, 7) is 16.9. The van der Waals surface area contributed by atoms with Crippen molar-refractivity contribution in [2.75, 3.05) is 46.4 Å². The van der Waals surface area contributed by atoms with Crippen LogP contribution < -0.4 is 10.7 Å². The monoisotopic (exact) mass is 960 g/mol. The molecule has 0 radical (unpaired) electrons. The first-order valence-electron chi connectivity index (χ1n) is 24.7. The fourth-order valence-electron chi connectivity index (χ4n) is 11.0. The lowest BCUT2D eigenvalue weighted by atomic mass is 9.84. The number of nitrogens with zero attached hydrogens (tertiary/aromatic N) is 5. The van der Waals surface area contributed by atoms with Crippen molar-refractivity contribution in [2.45, 2.75) is 110 Å². The van der Waals surface area contributed by atoms with Crippen molar-refractivity contribution in [3.63, 3.8) is 0 Å². The van der Waals surface area contributed by atoms with Gasteiger partial charge in [0, 0.05) is 82.0 Å². The number of aromatic hydroxyl groups is 1. The number of aliphatic hydroxyl groups is 2. The largest absolute Gasteiger partial charge is 0.508 e. The van der Waals surface area contributed by atoms with E-state index in [9.17, 15) is 39.3 Å². The number of carbonyl (C=O) groups is 5. The summed E-state index contributed by atoms with van der Waals surface area (Å²) in [4.78, 5) is 74.8. The zero-order valence-electron chi connectivity index (χ0n) is 41.4. The number of nitrogens with one attached hydrogen (secondary N) is 2. The first kappa shape index (κ1) is 50.3. The maximum Gasteiger partial charge on any atom is 0.355 e. The number of carbonyl (C=O) groups excluding carboxylic acids is 5. The number of phenols is 1. The Balaban J connectivity index is 1.18. The number of rotatable bonds is 10. The lowest BCUT2D eigenvalue weighted by Crippen LogP contribution is -2.67. The van der Waals surface area contributed by atoms with Crippen LogP contribution in [0.3, 0.4) is 0 Å². The Morgan fingerprint density at radius 2 is 1.73 bits per heavy atom. The normalized spacial score (nSPS) is 23.5. The fraction of sp³-hybridized carbons (Fsp3) is 0.500. The van der Waals surface area contributed by atoms with Crippen molar-refractivity contribution in [3.8, 4) is 28.1 Å². The van der Waals surface area contributed by atoms with E-state index < -0.39 is 52.8 Å². The number of likely N-dealkylation sites (N-methyl/N-ethyl adjacent to an activating group) is 1. The molecule has 374 valence electrons. The van der Waals surface area contributed by atoms with Crippen LogP contribution in [0.2, 0.25) is 0 Å². The van der Waals surface area contributed by atoms with Gasteiger partial charge < -0.3 is 39.7 Å². The van der Waals surface area contributed by atoms with Crippen LogP contribution >= 0.6 is 0 Å². The molecule has 0 saturated carbocycles. The van der Waals surface area contributed by atoms with Gasteiger partial charge in [-0.05, 0) is 102 Å². The summed E-state index contributed by atoms with van der Waals surface area (Å²) in [5.74, 6) is -3.70. The van der Waals surface area contributed by atoms with Crippen LogP contribution in [0, 0.1) is 17.3 Å². The molecule has 4 amide bonds. The van der Waals surface area contributed by atoms with Crippen LogP contribution in [0.4, 0.5) is 0 Å². The van der Waals surface area contributed by atoms with Crippen LogP contribution in [0.15, 0.2) is 73.3 Å². The highest BCUT2D eigenvalue weighted by molar-refractivity contribution is 5.96. The van der Waals surface area contributed by atoms with Gasteiger partial charge in [-0.1, -0.05) is 70.7 Å². The van der Waals surface area contributed by atoms with Crippen molar-refractivity contribution in [3.05, 3.63) is 90.0 Å². The summed E-state index contributed by atoms with van der Waals surface area (Å²) in [6.07, 6.45) is 2.72. The number of aliphatic hydroxyl groups excluding tert-OH is 1. The molecule has 3 aromatic carbocycles. The van der Waals surface area contributed by atoms with E-state index in [1.165, 1.54) is 11.0 Å². The van der Waals surface area contributed by atoms with Gasteiger partial charge in [0.15, 0.2) is 0 Å². The number of benzene rings is 3. The minimum absolute atomic E-state index is 0.0342. The number of amides is 4. The van der Waals surface area contributed by atoms with Crippen LogP contribution in [-0.2, 0) is 54.6 Å². The van der Waals surface area contributed by atoms with Crippen molar-refractivity contribution in [1.29, 1.82) is 0 Å². The van der Waals surface area contributed by atoms with E-state index in [1.54, 1.807) is 24.1 Å². The summed E-state index contributed by atoms with van der Waals surface area (Å²) < 4.78 is 8.27. The lowest BCUT2D eigenvalue weighted by Gasteiger charge is -2.40. The zero-order chi connectivity index (χ0) is 50.2. The Morgan fingerprint density at radius 1 is 0.986 bits per heavy atom. The number of β-amino-alcohol motifs (C(OH)–C–C–N with tert-alkyl or cyclic N) is 1. The molecule has 4 aromatic rings. The molecule has 0 aliphatic carbocycles. The molecule has 1 aromatic heterocycles. The number of aryl methyl sites for hydroxylation is 1. The number of ether oxygens (including phenoxy) is 1. The van der Waals surface area contributed by atoms with Gasteiger partial charge in [-0.15, -0.1) is 0 Å². The van der Waals surface area contributed by atoms with Crippen molar-refractivity contribution >= 4 is 40.5 Å². The summed E-state index contributed by atoms with van der Waals surface area (Å²) in [7, 11) is 1.55. The van der Waals surface area contributed by atoms with Gasteiger partial charge in [-0.25, -0.2) is 4.79 Å². The Kier molecular flexibility index (Phi) is 14.6. The number of aromatic nitrogens is 1. The van der Waals surface area contributed by atoms with Gasteiger partial charge in [0.1, 0.15) is 17.8 Å². The van der Waals surface area contributed by atoms with Gasteiger partial charge >= 0.3 is 5.97 Å². The molecule has 70 heavy (non-hydrogen) atoms. The molecule has 8 rings (SSSR count). The predicted molar refractivity (Wildman–Crippen MR) is 265 cm³/mol. The highest BCUT2D eigenvalue weighted by Gasteiger charge is 2.46. The number of likely N-dealkylation sites (tertiary alicyclic amines) is 2. The van der Waals surface area contributed by atoms with E-state index in [4.69, 9.17) is 4.74 Å². The van der Waals surface area contributed by atoms with E-state index in [2.05, 4.69) is 70.1 Å². The smallest absolute Gasteiger partial charge is 0.355 e. The molecular weight excluding hydrogens is 891 g/mol. The molecule has 5 atom stereocenters. The molecule has 0 unspecified atom stereocenters. The number of esters is 1.